The number of carbonyl (C=O) groups is 2. The zero-order valence-corrected chi connectivity index (χ0v) is 10.7. The summed E-state index contributed by atoms with van der Waals surface area (Å²) in [5.41, 5.74) is 0. The molecule has 112 valence electrons. The summed E-state index contributed by atoms with van der Waals surface area (Å²) in [4.78, 5) is 21.6. The average molecular weight is 284 g/mol. The number of halogens is 3. The molecule has 1 unspecified atom stereocenters. The first-order valence-electron chi connectivity index (χ1n) is 6.03. The van der Waals surface area contributed by atoms with E-state index in [0.29, 0.717) is 6.42 Å². The molecule has 0 aliphatic rings. The Hall–Kier alpha value is -1.47. The van der Waals surface area contributed by atoms with Crippen molar-refractivity contribution in [2.75, 3.05) is 13.1 Å². The second-order valence-electron chi connectivity index (χ2n) is 4.28. The zero-order chi connectivity index (χ0) is 14.9. The number of unbranched alkanes of at least 4 members (excludes halogenated alkanes) is 1. The third-order valence-electron chi connectivity index (χ3n) is 2.46. The zero-order valence-electron chi connectivity index (χ0n) is 10.7. The molecule has 0 rings (SSSR count). The lowest BCUT2D eigenvalue weighted by molar-refractivity contribution is -0.141. The predicted octanol–water partition coefficient (Wildman–Crippen LogP) is 2.13. The summed E-state index contributed by atoms with van der Waals surface area (Å²) in [5.74, 6) is -1.48. The molecule has 0 heterocycles. The van der Waals surface area contributed by atoms with Crippen molar-refractivity contribution >= 4 is 12.0 Å². The summed E-state index contributed by atoms with van der Waals surface area (Å²) in [7, 11) is 0. The highest BCUT2D eigenvalue weighted by Crippen LogP contribution is 2.21. The Bertz CT molecular complexity index is 295. The van der Waals surface area contributed by atoms with Crippen molar-refractivity contribution in [2.45, 2.75) is 38.8 Å². The van der Waals surface area contributed by atoms with Gasteiger partial charge in [-0.1, -0.05) is 6.92 Å². The van der Waals surface area contributed by atoms with Crippen molar-refractivity contribution in [3.05, 3.63) is 0 Å². The van der Waals surface area contributed by atoms with Gasteiger partial charge in [-0.25, -0.2) is 4.79 Å². The van der Waals surface area contributed by atoms with Gasteiger partial charge >= 0.3 is 18.2 Å². The van der Waals surface area contributed by atoms with Crippen LogP contribution in [0.1, 0.15) is 32.6 Å². The van der Waals surface area contributed by atoms with Gasteiger partial charge in [0.25, 0.3) is 0 Å². The van der Waals surface area contributed by atoms with Gasteiger partial charge < -0.3 is 15.7 Å². The first-order chi connectivity index (χ1) is 8.72. The lowest BCUT2D eigenvalue weighted by atomic mass is 10.1. The molecular formula is C11H19F3N2O3. The summed E-state index contributed by atoms with van der Waals surface area (Å²) in [6.07, 6.45) is -4.49. The summed E-state index contributed by atoms with van der Waals surface area (Å²) in [6.45, 7) is 1.90. The molecule has 0 spiro atoms. The van der Waals surface area contributed by atoms with Gasteiger partial charge in [0.05, 0.1) is 5.92 Å². The van der Waals surface area contributed by atoms with E-state index in [0.717, 1.165) is 0 Å². The van der Waals surface area contributed by atoms with E-state index in [-0.39, 0.29) is 25.9 Å². The monoisotopic (exact) mass is 284 g/mol. The van der Waals surface area contributed by atoms with Crippen LogP contribution in [-0.2, 0) is 4.79 Å². The average Bonchev–Trinajstić information content (AvgIpc) is 2.26. The molecule has 1 atom stereocenters. The highest BCUT2D eigenvalue weighted by atomic mass is 19.4. The topological polar surface area (TPSA) is 78.4 Å². The SMILES string of the molecule is CC(CCNC(=O)NCCCCC(F)(F)F)C(=O)O. The van der Waals surface area contributed by atoms with Crippen molar-refractivity contribution in [3.63, 3.8) is 0 Å². The molecule has 19 heavy (non-hydrogen) atoms. The molecule has 0 bridgehead atoms. The maximum absolute atomic E-state index is 11.8. The molecular weight excluding hydrogens is 265 g/mol. The number of carboxylic acids is 1. The maximum atomic E-state index is 11.8. The molecule has 2 amide bonds. The first kappa shape index (κ1) is 17.5. The van der Waals surface area contributed by atoms with Crippen molar-refractivity contribution in [1.82, 2.24) is 10.6 Å². The molecule has 0 aromatic heterocycles. The third kappa shape index (κ3) is 11.4. The Kier molecular flexibility index (Phi) is 7.94. The van der Waals surface area contributed by atoms with Crippen LogP contribution in [-0.4, -0.2) is 36.4 Å². The largest absolute Gasteiger partial charge is 0.481 e. The smallest absolute Gasteiger partial charge is 0.389 e. The molecule has 0 saturated heterocycles. The van der Waals surface area contributed by atoms with Crippen LogP contribution in [0.4, 0.5) is 18.0 Å². The molecule has 0 aromatic carbocycles. The van der Waals surface area contributed by atoms with Gasteiger partial charge in [0.15, 0.2) is 0 Å². The van der Waals surface area contributed by atoms with Crippen LogP contribution in [0.2, 0.25) is 0 Å². The fourth-order valence-electron chi connectivity index (χ4n) is 1.24. The molecule has 8 heteroatoms. The standard InChI is InChI=1S/C11H19F3N2O3/c1-8(9(17)18)4-7-16-10(19)15-6-3-2-5-11(12,13)14/h8H,2-7H2,1H3,(H,17,18)(H2,15,16,19). The van der Waals surface area contributed by atoms with E-state index in [9.17, 15) is 22.8 Å². The molecule has 0 aromatic rings. The number of rotatable bonds is 8. The number of amides is 2. The Morgan fingerprint density at radius 3 is 2.26 bits per heavy atom. The minimum absolute atomic E-state index is 0.0279. The number of hydrogen-bond acceptors (Lipinski definition) is 2. The molecule has 5 nitrogen and oxygen atoms in total. The molecule has 0 saturated carbocycles. The van der Waals surface area contributed by atoms with Gasteiger partial charge in [0.1, 0.15) is 0 Å². The number of carboxylic acid groups (broad SMARTS) is 1. The summed E-state index contributed by atoms with van der Waals surface area (Å²) in [6, 6.07) is -0.496. The second-order valence-corrected chi connectivity index (χ2v) is 4.28. The number of hydrogen-bond donors (Lipinski definition) is 3. The predicted molar refractivity (Wildman–Crippen MR) is 62.7 cm³/mol. The Morgan fingerprint density at radius 1 is 1.16 bits per heavy atom. The fraction of sp³-hybridized carbons (Fsp3) is 0.818. The number of urea groups is 1. The molecule has 0 aliphatic heterocycles. The van der Waals surface area contributed by atoms with E-state index in [2.05, 4.69) is 10.6 Å². The number of carbonyl (C=O) groups excluding carboxylic acids is 1. The Labute approximate surface area is 109 Å². The van der Waals surface area contributed by atoms with E-state index in [1.165, 1.54) is 6.92 Å². The van der Waals surface area contributed by atoms with Crippen molar-refractivity contribution in [3.8, 4) is 0 Å². The van der Waals surface area contributed by atoms with Crippen LogP contribution < -0.4 is 10.6 Å². The van der Waals surface area contributed by atoms with Gasteiger partial charge in [-0.2, -0.15) is 13.2 Å². The normalized spacial score (nSPS) is 12.8. The summed E-state index contributed by atoms with van der Waals surface area (Å²) >= 11 is 0. The first-order valence-corrected chi connectivity index (χ1v) is 6.03. The second kappa shape index (κ2) is 8.60. The van der Waals surface area contributed by atoms with Gasteiger partial charge in [0.2, 0.25) is 0 Å². The lowest BCUT2D eigenvalue weighted by Crippen LogP contribution is -2.37. The summed E-state index contributed by atoms with van der Waals surface area (Å²) in [5, 5.41) is 13.4. The van der Waals surface area contributed by atoms with E-state index in [1.807, 2.05) is 0 Å². The van der Waals surface area contributed by atoms with Crippen LogP contribution in [0.5, 0.6) is 0 Å². The fourth-order valence-corrected chi connectivity index (χ4v) is 1.24. The van der Waals surface area contributed by atoms with Gasteiger partial charge in [-0.15, -0.1) is 0 Å². The summed E-state index contributed by atoms with van der Waals surface area (Å²) < 4.78 is 35.4. The quantitative estimate of drug-likeness (QED) is 0.597. The van der Waals surface area contributed by atoms with Crippen LogP contribution in [0.3, 0.4) is 0 Å². The van der Waals surface area contributed by atoms with Crippen molar-refractivity contribution < 1.29 is 27.9 Å². The van der Waals surface area contributed by atoms with Gasteiger partial charge in [-0.3, -0.25) is 4.79 Å². The Balaban J connectivity index is 3.48. The van der Waals surface area contributed by atoms with Gasteiger partial charge in [0, 0.05) is 19.5 Å². The molecule has 3 N–H and O–H groups in total. The van der Waals surface area contributed by atoms with Crippen LogP contribution in [0.15, 0.2) is 0 Å². The number of aliphatic carboxylic acids is 1. The van der Waals surface area contributed by atoms with E-state index < -0.39 is 30.5 Å². The minimum atomic E-state index is -4.16. The van der Waals surface area contributed by atoms with E-state index in [1.54, 1.807) is 0 Å². The lowest BCUT2D eigenvalue weighted by Gasteiger charge is -2.09. The number of nitrogens with one attached hydrogen (secondary N) is 2. The molecule has 0 fully saturated rings. The minimum Gasteiger partial charge on any atom is -0.481 e. The number of alkyl halides is 3. The van der Waals surface area contributed by atoms with E-state index in [4.69, 9.17) is 5.11 Å². The van der Waals surface area contributed by atoms with Crippen LogP contribution in [0.25, 0.3) is 0 Å². The van der Waals surface area contributed by atoms with Crippen molar-refractivity contribution in [1.29, 1.82) is 0 Å². The van der Waals surface area contributed by atoms with Gasteiger partial charge in [-0.05, 0) is 19.3 Å². The van der Waals surface area contributed by atoms with Crippen LogP contribution in [0, 0.1) is 5.92 Å². The third-order valence-corrected chi connectivity index (χ3v) is 2.46. The highest BCUT2D eigenvalue weighted by molar-refractivity contribution is 5.74. The van der Waals surface area contributed by atoms with Crippen molar-refractivity contribution in [2.24, 2.45) is 5.92 Å². The maximum Gasteiger partial charge on any atom is 0.389 e. The van der Waals surface area contributed by atoms with E-state index >= 15 is 0 Å². The molecule has 0 radical (unpaired) electrons. The highest BCUT2D eigenvalue weighted by Gasteiger charge is 2.25. The van der Waals surface area contributed by atoms with Crippen LogP contribution >= 0.6 is 0 Å². The molecule has 0 aliphatic carbocycles. The Morgan fingerprint density at radius 2 is 1.74 bits per heavy atom.